The van der Waals surface area contributed by atoms with E-state index >= 15 is 0 Å². The summed E-state index contributed by atoms with van der Waals surface area (Å²) in [5.74, 6) is -0.141. The molecule has 1 saturated carbocycles. The van der Waals surface area contributed by atoms with Crippen LogP contribution in [0.4, 0.5) is 4.79 Å². The lowest BCUT2D eigenvalue weighted by atomic mass is 10.1. The highest BCUT2D eigenvalue weighted by molar-refractivity contribution is 5.95. The van der Waals surface area contributed by atoms with Crippen molar-refractivity contribution < 1.29 is 18.7 Å². The fourth-order valence-electron chi connectivity index (χ4n) is 3.38. The number of hydrogen-bond donors (Lipinski definition) is 2. The standard InChI is InChI=1S/C20H24N2O5/c1-2-5-13-10-19(24)27-17-11-15(8-9-16(13)17)26-12-18(23)22-20(25)21-14-6-3-4-7-14/h8-11,14H,2-7,12H2,1H3,(H2,21,22,23,25). The summed E-state index contributed by atoms with van der Waals surface area (Å²) in [5.41, 5.74) is 0.934. The van der Waals surface area contributed by atoms with Crippen molar-refractivity contribution in [1.29, 1.82) is 0 Å². The summed E-state index contributed by atoms with van der Waals surface area (Å²) >= 11 is 0. The zero-order valence-electron chi connectivity index (χ0n) is 15.4. The van der Waals surface area contributed by atoms with Gasteiger partial charge in [-0.15, -0.1) is 0 Å². The van der Waals surface area contributed by atoms with Crippen LogP contribution in [0.2, 0.25) is 0 Å². The van der Waals surface area contributed by atoms with Gasteiger partial charge in [0.05, 0.1) is 0 Å². The number of urea groups is 1. The molecule has 0 radical (unpaired) electrons. The number of rotatable bonds is 6. The van der Waals surface area contributed by atoms with E-state index < -0.39 is 17.6 Å². The number of carbonyl (C=O) groups is 2. The molecule has 1 fully saturated rings. The molecule has 1 aromatic carbocycles. The monoisotopic (exact) mass is 372 g/mol. The number of imide groups is 1. The number of hydrogen-bond acceptors (Lipinski definition) is 5. The normalized spacial score (nSPS) is 14.3. The van der Waals surface area contributed by atoms with Crippen LogP contribution in [0, 0.1) is 0 Å². The Morgan fingerprint density at radius 3 is 2.74 bits per heavy atom. The second-order valence-electron chi connectivity index (χ2n) is 6.79. The Labute approximate surface area is 157 Å². The van der Waals surface area contributed by atoms with Gasteiger partial charge in [0, 0.05) is 23.6 Å². The van der Waals surface area contributed by atoms with Crippen LogP contribution in [-0.4, -0.2) is 24.6 Å². The first-order chi connectivity index (χ1) is 13.0. The van der Waals surface area contributed by atoms with Crippen molar-refractivity contribution in [2.24, 2.45) is 0 Å². The van der Waals surface area contributed by atoms with E-state index in [1.54, 1.807) is 12.1 Å². The molecule has 2 N–H and O–H groups in total. The van der Waals surface area contributed by atoms with Gasteiger partial charge >= 0.3 is 11.7 Å². The van der Waals surface area contributed by atoms with Gasteiger partial charge in [-0.05, 0) is 37.0 Å². The van der Waals surface area contributed by atoms with Crippen LogP contribution in [0.25, 0.3) is 11.0 Å². The van der Waals surface area contributed by atoms with Gasteiger partial charge in [0.2, 0.25) is 0 Å². The minimum Gasteiger partial charge on any atom is -0.484 e. The van der Waals surface area contributed by atoms with Crippen molar-refractivity contribution in [1.82, 2.24) is 10.6 Å². The average molecular weight is 372 g/mol. The maximum absolute atomic E-state index is 11.9. The molecule has 0 atom stereocenters. The number of fused-ring (bicyclic) bond motifs is 1. The van der Waals surface area contributed by atoms with Crippen LogP contribution in [0.5, 0.6) is 5.75 Å². The third-order valence-corrected chi connectivity index (χ3v) is 4.63. The van der Waals surface area contributed by atoms with Gasteiger partial charge in [-0.25, -0.2) is 9.59 Å². The zero-order valence-corrected chi connectivity index (χ0v) is 15.4. The van der Waals surface area contributed by atoms with E-state index in [0.29, 0.717) is 11.3 Å². The fraction of sp³-hybridized carbons (Fsp3) is 0.450. The molecule has 0 spiro atoms. The Bertz CT molecular complexity index is 884. The van der Waals surface area contributed by atoms with E-state index in [4.69, 9.17) is 9.15 Å². The molecule has 1 aromatic heterocycles. The molecule has 7 heteroatoms. The SMILES string of the molecule is CCCc1cc(=O)oc2cc(OCC(=O)NC(=O)NC3CCCC3)ccc12. The van der Waals surface area contributed by atoms with Crippen molar-refractivity contribution in [3.63, 3.8) is 0 Å². The summed E-state index contributed by atoms with van der Waals surface area (Å²) in [6, 6.07) is 6.25. The van der Waals surface area contributed by atoms with Crippen molar-refractivity contribution in [3.05, 3.63) is 40.2 Å². The molecule has 0 unspecified atom stereocenters. The summed E-state index contributed by atoms with van der Waals surface area (Å²) < 4.78 is 10.7. The predicted molar refractivity (Wildman–Crippen MR) is 101 cm³/mol. The summed E-state index contributed by atoms with van der Waals surface area (Å²) in [7, 11) is 0. The summed E-state index contributed by atoms with van der Waals surface area (Å²) in [4.78, 5) is 35.4. The first kappa shape index (κ1) is 18.9. The van der Waals surface area contributed by atoms with E-state index in [1.165, 1.54) is 6.07 Å². The number of benzene rings is 1. The van der Waals surface area contributed by atoms with E-state index in [-0.39, 0.29) is 12.6 Å². The van der Waals surface area contributed by atoms with Gasteiger partial charge in [-0.1, -0.05) is 26.2 Å². The van der Waals surface area contributed by atoms with Crippen LogP contribution in [0.3, 0.4) is 0 Å². The van der Waals surface area contributed by atoms with Crippen molar-refractivity contribution >= 4 is 22.9 Å². The van der Waals surface area contributed by atoms with Crippen LogP contribution in [-0.2, 0) is 11.2 Å². The molecule has 7 nitrogen and oxygen atoms in total. The van der Waals surface area contributed by atoms with Crippen LogP contribution in [0.15, 0.2) is 33.5 Å². The molecule has 27 heavy (non-hydrogen) atoms. The molecule has 0 saturated heterocycles. The minimum absolute atomic E-state index is 0.138. The van der Waals surface area contributed by atoms with Gasteiger partial charge in [0.15, 0.2) is 6.61 Å². The molecule has 3 rings (SSSR count). The Balaban J connectivity index is 1.58. The maximum atomic E-state index is 11.9. The van der Waals surface area contributed by atoms with Gasteiger partial charge in [0.25, 0.3) is 5.91 Å². The number of ether oxygens (including phenoxy) is 1. The van der Waals surface area contributed by atoms with E-state index in [2.05, 4.69) is 10.6 Å². The third kappa shape index (κ3) is 5.09. The van der Waals surface area contributed by atoms with Crippen molar-refractivity contribution in [2.75, 3.05) is 6.61 Å². The van der Waals surface area contributed by atoms with E-state index in [0.717, 1.165) is 49.5 Å². The van der Waals surface area contributed by atoms with Gasteiger partial charge in [-0.2, -0.15) is 0 Å². The highest BCUT2D eigenvalue weighted by atomic mass is 16.5. The lowest BCUT2D eigenvalue weighted by Gasteiger charge is -2.12. The average Bonchev–Trinajstić information content (AvgIpc) is 3.12. The van der Waals surface area contributed by atoms with E-state index in [9.17, 15) is 14.4 Å². The molecule has 144 valence electrons. The molecule has 1 aliphatic carbocycles. The molecular formula is C20H24N2O5. The summed E-state index contributed by atoms with van der Waals surface area (Å²) in [6.45, 7) is 1.74. The minimum atomic E-state index is -0.535. The molecule has 3 amide bonds. The van der Waals surface area contributed by atoms with Crippen molar-refractivity contribution in [2.45, 2.75) is 51.5 Å². The molecule has 2 aromatic rings. The molecule has 0 bridgehead atoms. The van der Waals surface area contributed by atoms with Gasteiger partial charge < -0.3 is 14.5 Å². The molecular weight excluding hydrogens is 348 g/mol. The lowest BCUT2D eigenvalue weighted by molar-refractivity contribution is -0.122. The topological polar surface area (TPSA) is 97.6 Å². The maximum Gasteiger partial charge on any atom is 0.336 e. The highest BCUT2D eigenvalue weighted by Crippen LogP contribution is 2.23. The Hall–Kier alpha value is -2.83. The summed E-state index contributed by atoms with van der Waals surface area (Å²) in [6.07, 6.45) is 5.78. The first-order valence-electron chi connectivity index (χ1n) is 9.35. The molecule has 1 heterocycles. The van der Waals surface area contributed by atoms with Gasteiger partial charge in [0.1, 0.15) is 11.3 Å². The second kappa shape index (κ2) is 8.70. The second-order valence-corrected chi connectivity index (χ2v) is 6.79. The summed E-state index contributed by atoms with van der Waals surface area (Å²) in [5, 5.41) is 5.89. The van der Waals surface area contributed by atoms with Crippen molar-refractivity contribution in [3.8, 4) is 5.75 Å². The van der Waals surface area contributed by atoms with Crippen LogP contribution >= 0.6 is 0 Å². The number of aryl methyl sites for hydroxylation is 1. The number of carbonyl (C=O) groups excluding carboxylic acids is 2. The highest BCUT2D eigenvalue weighted by Gasteiger charge is 2.18. The Morgan fingerprint density at radius 2 is 2.00 bits per heavy atom. The molecule has 1 aliphatic rings. The predicted octanol–water partition coefficient (Wildman–Crippen LogP) is 2.89. The van der Waals surface area contributed by atoms with Crippen LogP contribution in [0.1, 0.15) is 44.6 Å². The zero-order chi connectivity index (χ0) is 19.2. The Morgan fingerprint density at radius 1 is 1.22 bits per heavy atom. The van der Waals surface area contributed by atoms with E-state index in [1.807, 2.05) is 13.0 Å². The smallest absolute Gasteiger partial charge is 0.336 e. The first-order valence-corrected chi connectivity index (χ1v) is 9.35. The van der Waals surface area contributed by atoms with Gasteiger partial charge in [-0.3, -0.25) is 10.1 Å². The lowest BCUT2D eigenvalue weighted by Crippen LogP contribution is -2.45. The van der Waals surface area contributed by atoms with Crippen LogP contribution < -0.4 is 21.0 Å². The fourth-order valence-corrected chi connectivity index (χ4v) is 3.38. The quantitative estimate of drug-likeness (QED) is 0.760. The number of nitrogens with one attached hydrogen (secondary N) is 2. The Kier molecular flexibility index (Phi) is 6.11. The molecule has 0 aliphatic heterocycles. The largest absolute Gasteiger partial charge is 0.484 e. The number of amides is 3. The third-order valence-electron chi connectivity index (χ3n) is 4.63.